The second kappa shape index (κ2) is 9.90. The summed E-state index contributed by atoms with van der Waals surface area (Å²) in [6, 6.07) is 15.4. The van der Waals surface area contributed by atoms with Crippen LogP contribution in [-0.2, 0) is 17.7 Å². The van der Waals surface area contributed by atoms with Gasteiger partial charge in [-0.3, -0.25) is 9.47 Å². The van der Waals surface area contributed by atoms with Crippen LogP contribution in [0.5, 0.6) is 0 Å². The highest BCUT2D eigenvalue weighted by Gasteiger charge is 2.25. The molecule has 0 bridgehead atoms. The number of carbonyl (C=O) groups is 1. The normalized spacial score (nSPS) is 18.7. The number of aryl methyl sites for hydroxylation is 1. The van der Waals surface area contributed by atoms with Gasteiger partial charge in [0.25, 0.3) is 0 Å². The zero-order valence-electron chi connectivity index (χ0n) is 18.0. The number of ether oxygens (including phenoxy) is 1. The predicted molar refractivity (Wildman–Crippen MR) is 127 cm³/mol. The predicted octanol–water partition coefficient (Wildman–Crippen LogP) is 3.19. The molecule has 0 saturated carbocycles. The number of rotatable bonds is 4. The number of nitrogens with zero attached hydrogens (tertiary/aromatic N) is 3. The Hall–Kier alpha value is -2.61. The zero-order chi connectivity index (χ0) is 21.2. The zero-order valence-corrected chi connectivity index (χ0v) is 18.9. The van der Waals surface area contributed by atoms with Gasteiger partial charge in [-0.05, 0) is 42.5 Å². The number of imidazole rings is 1. The van der Waals surface area contributed by atoms with E-state index in [-0.39, 0.29) is 30.2 Å². The maximum Gasteiger partial charge on any atom is 0.337 e. The molecule has 8 heteroatoms. The van der Waals surface area contributed by atoms with E-state index in [2.05, 4.69) is 22.3 Å². The van der Waals surface area contributed by atoms with Crippen molar-refractivity contribution in [1.29, 1.82) is 0 Å². The maximum absolute atomic E-state index is 13.3. The summed E-state index contributed by atoms with van der Waals surface area (Å²) in [4.78, 5) is 28.9. The highest BCUT2D eigenvalue weighted by Crippen LogP contribution is 2.29. The summed E-state index contributed by atoms with van der Waals surface area (Å²) < 4.78 is 8.43. The second-order valence-electron chi connectivity index (χ2n) is 8.31. The standard InChI is InChI=1S/C24H28N4O3.ClH/c29-23(25-20-9-5-7-18-6-1-2-8-19(18)20)28-22-11-4-3-10-21(22)27(24(28)30)13-12-26-14-16-31-17-15-26;/h1-4,6,8,10-11,20H,5,7,9,12-17H2,(H,25,29);1H/t20-;/m1./s1. The number of aromatic nitrogens is 2. The van der Waals surface area contributed by atoms with E-state index in [9.17, 15) is 9.59 Å². The molecule has 1 N–H and O–H groups in total. The third kappa shape index (κ3) is 4.33. The van der Waals surface area contributed by atoms with E-state index in [4.69, 9.17) is 4.74 Å². The molecule has 1 aliphatic heterocycles. The number of nitrogens with one attached hydrogen (secondary N) is 1. The van der Waals surface area contributed by atoms with Gasteiger partial charge in [-0.15, -0.1) is 12.4 Å². The number of benzene rings is 2. The van der Waals surface area contributed by atoms with E-state index in [0.29, 0.717) is 12.1 Å². The highest BCUT2D eigenvalue weighted by atomic mass is 35.5. The molecule has 2 aromatic carbocycles. The molecule has 2 heterocycles. The molecule has 170 valence electrons. The SMILES string of the molecule is Cl.O=C(N[C@@H]1CCCc2ccccc21)n1c(=O)n(CCN2CCOCC2)c2ccccc21. The smallest absolute Gasteiger partial charge is 0.337 e. The van der Waals surface area contributed by atoms with Gasteiger partial charge < -0.3 is 10.1 Å². The van der Waals surface area contributed by atoms with Crippen LogP contribution < -0.4 is 11.0 Å². The van der Waals surface area contributed by atoms with E-state index in [1.165, 1.54) is 10.1 Å². The van der Waals surface area contributed by atoms with Gasteiger partial charge in [0, 0.05) is 26.2 Å². The number of morpholine rings is 1. The second-order valence-corrected chi connectivity index (χ2v) is 8.31. The van der Waals surface area contributed by atoms with Gasteiger partial charge >= 0.3 is 11.7 Å². The molecule has 3 aromatic rings. The van der Waals surface area contributed by atoms with Crippen LogP contribution in [0.1, 0.15) is 30.0 Å². The van der Waals surface area contributed by atoms with Crippen molar-refractivity contribution in [2.24, 2.45) is 0 Å². The van der Waals surface area contributed by atoms with Crippen LogP contribution in [0.2, 0.25) is 0 Å². The van der Waals surface area contributed by atoms with Crippen LogP contribution in [-0.4, -0.2) is 52.9 Å². The summed E-state index contributed by atoms with van der Waals surface area (Å²) in [5, 5.41) is 3.13. The molecular weight excluding hydrogens is 428 g/mol. The van der Waals surface area contributed by atoms with Crippen LogP contribution in [0.4, 0.5) is 4.79 Å². The molecule has 0 unspecified atom stereocenters. The van der Waals surface area contributed by atoms with E-state index < -0.39 is 0 Å². The van der Waals surface area contributed by atoms with Gasteiger partial charge in [-0.1, -0.05) is 36.4 Å². The topological polar surface area (TPSA) is 68.5 Å². The van der Waals surface area contributed by atoms with Gasteiger partial charge in [-0.2, -0.15) is 0 Å². The molecule has 7 nitrogen and oxygen atoms in total. The molecule has 1 fully saturated rings. The number of para-hydroxylation sites is 2. The van der Waals surface area contributed by atoms with E-state index >= 15 is 0 Å². The van der Waals surface area contributed by atoms with Crippen molar-refractivity contribution in [3.8, 4) is 0 Å². The largest absolute Gasteiger partial charge is 0.379 e. The Morgan fingerprint density at radius 3 is 2.53 bits per heavy atom. The fourth-order valence-electron chi connectivity index (χ4n) is 4.80. The van der Waals surface area contributed by atoms with E-state index in [1.807, 2.05) is 36.4 Å². The third-order valence-electron chi connectivity index (χ3n) is 6.45. The van der Waals surface area contributed by atoms with Gasteiger partial charge in [-0.25, -0.2) is 14.2 Å². The lowest BCUT2D eigenvalue weighted by Gasteiger charge is -2.26. The average Bonchev–Trinajstić information content (AvgIpc) is 3.10. The third-order valence-corrected chi connectivity index (χ3v) is 6.45. The van der Waals surface area contributed by atoms with Crippen molar-refractivity contribution in [2.45, 2.75) is 31.8 Å². The number of hydrogen-bond donors (Lipinski definition) is 1. The number of fused-ring (bicyclic) bond motifs is 2. The maximum atomic E-state index is 13.3. The molecule has 2 aliphatic rings. The quantitative estimate of drug-likeness (QED) is 0.654. The lowest BCUT2D eigenvalue weighted by Crippen LogP contribution is -2.41. The molecular formula is C24H29ClN4O3. The molecule has 1 aromatic heterocycles. The first-order valence-electron chi connectivity index (χ1n) is 11.1. The van der Waals surface area contributed by atoms with Crippen molar-refractivity contribution in [3.05, 3.63) is 70.1 Å². The first kappa shape index (κ1) is 22.6. The van der Waals surface area contributed by atoms with Gasteiger partial charge in [0.2, 0.25) is 0 Å². The van der Waals surface area contributed by atoms with Crippen LogP contribution in [0, 0.1) is 0 Å². The summed E-state index contributed by atoms with van der Waals surface area (Å²) in [6.07, 6.45) is 2.94. The van der Waals surface area contributed by atoms with E-state index in [1.54, 1.807) is 4.57 Å². The van der Waals surface area contributed by atoms with Crippen molar-refractivity contribution in [2.75, 3.05) is 32.8 Å². The highest BCUT2D eigenvalue weighted by molar-refractivity contribution is 5.89. The fourth-order valence-corrected chi connectivity index (χ4v) is 4.80. The number of amides is 1. The van der Waals surface area contributed by atoms with Crippen molar-refractivity contribution < 1.29 is 9.53 Å². The fraction of sp³-hybridized carbons (Fsp3) is 0.417. The van der Waals surface area contributed by atoms with Crippen molar-refractivity contribution in [3.63, 3.8) is 0 Å². The minimum atomic E-state index is -0.354. The number of halogens is 1. The van der Waals surface area contributed by atoms with Crippen molar-refractivity contribution in [1.82, 2.24) is 19.4 Å². The Labute approximate surface area is 193 Å². The molecule has 1 amide bonds. The van der Waals surface area contributed by atoms with Gasteiger partial charge in [0.05, 0.1) is 30.3 Å². The van der Waals surface area contributed by atoms with Crippen LogP contribution in [0.25, 0.3) is 11.0 Å². The Morgan fingerprint density at radius 2 is 1.72 bits per heavy atom. The Balaban J connectivity index is 0.00000245. The van der Waals surface area contributed by atoms with E-state index in [0.717, 1.165) is 63.2 Å². The molecule has 0 spiro atoms. The lowest BCUT2D eigenvalue weighted by molar-refractivity contribution is 0.0364. The molecule has 5 rings (SSSR count). The van der Waals surface area contributed by atoms with Crippen LogP contribution in [0.3, 0.4) is 0 Å². The van der Waals surface area contributed by atoms with Gasteiger partial charge in [0.1, 0.15) is 0 Å². The Bertz CT molecular complexity index is 1150. The first-order valence-corrected chi connectivity index (χ1v) is 11.1. The first-order chi connectivity index (χ1) is 15.2. The molecule has 1 aliphatic carbocycles. The Morgan fingerprint density at radius 1 is 1.00 bits per heavy atom. The molecule has 1 saturated heterocycles. The van der Waals surface area contributed by atoms with Gasteiger partial charge in [0.15, 0.2) is 0 Å². The minimum absolute atomic E-state index is 0. The van der Waals surface area contributed by atoms with Crippen LogP contribution in [0.15, 0.2) is 53.3 Å². The average molecular weight is 457 g/mol. The Kier molecular flexibility index (Phi) is 6.98. The minimum Gasteiger partial charge on any atom is -0.379 e. The molecule has 0 radical (unpaired) electrons. The van der Waals surface area contributed by atoms with Crippen LogP contribution >= 0.6 is 12.4 Å². The summed E-state index contributed by atoms with van der Waals surface area (Å²) in [7, 11) is 0. The number of hydrogen-bond acceptors (Lipinski definition) is 4. The summed E-state index contributed by atoms with van der Waals surface area (Å²) in [5.74, 6) is 0. The monoisotopic (exact) mass is 456 g/mol. The lowest BCUT2D eigenvalue weighted by atomic mass is 9.88. The summed E-state index contributed by atoms with van der Waals surface area (Å²) >= 11 is 0. The number of carbonyl (C=O) groups excluding carboxylic acids is 1. The molecule has 32 heavy (non-hydrogen) atoms. The van der Waals surface area contributed by atoms with Crippen molar-refractivity contribution >= 4 is 29.5 Å². The molecule has 1 atom stereocenters. The summed E-state index contributed by atoms with van der Waals surface area (Å²) in [6.45, 7) is 4.49. The summed E-state index contributed by atoms with van der Waals surface area (Å²) in [5.41, 5.74) is 3.60.